The van der Waals surface area contributed by atoms with Gasteiger partial charge in [-0.2, -0.15) is 0 Å². The minimum atomic E-state index is -3.54. The average Bonchev–Trinajstić information content (AvgIpc) is 3.14. The van der Waals surface area contributed by atoms with Crippen LogP contribution in [0, 0.1) is 0 Å². The molecule has 0 spiro atoms. The van der Waals surface area contributed by atoms with E-state index in [4.69, 9.17) is 4.42 Å². The number of hydrogen-bond donors (Lipinski definition) is 2. The van der Waals surface area contributed by atoms with Crippen molar-refractivity contribution < 1.29 is 12.8 Å². The summed E-state index contributed by atoms with van der Waals surface area (Å²) in [6, 6.07) is 3.82. The number of rotatable bonds is 9. The second-order valence-electron chi connectivity index (χ2n) is 5.01. The SMILES string of the molecule is CCN(CCNS(=O)(=O)c1ccc(CNC)o1)C1CC1. The molecule has 1 saturated carbocycles. The fraction of sp³-hybridized carbons (Fsp3) is 0.692. The third-order valence-electron chi connectivity index (χ3n) is 3.41. The number of furan rings is 1. The van der Waals surface area contributed by atoms with E-state index >= 15 is 0 Å². The van der Waals surface area contributed by atoms with Crippen LogP contribution >= 0.6 is 0 Å². The topological polar surface area (TPSA) is 74.6 Å². The van der Waals surface area contributed by atoms with Crippen molar-refractivity contribution in [3.63, 3.8) is 0 Å². The van der Waals surface area contributed by atoms with Gasteiger partial charge in [0.1, 0.15) is 5.76 Å². The molecular formula is C13H23N3O3S. The first-order chi connectivity index (χ1) is 9.56. The van der Waals surface area contributed by atoms with Gasteiger partial charge in [-0.3, -0.25) is 4.90 Å². The van der Waals surface area contributed by atoms with E-state index < -0.39 is 10.0 Å². The Labute approximate surface area is 120 Å². The molecule has 6 nitrogen and oxygen atoms in total. The normalized spacial score (nSPS) is 15.9. The molecule has 0 atom stereocenters. The van der Waals surface area contributed by atoms with Crippen LogP contribution in [0.4, 0.5) is 0 Å². The molecule has 1 aromatic rings. The number of nitrogens with zero attached hydrogens (tertiary/aromatic N) is 1. The van der Waals surface area contributed by atoms with Gasteiger partial charge in [0, 0.05) is 19.1 Å². The van der Waals surface area contributed by atoms with Crippen LogP contribution in [-0.2, 0) is 16.6 Å². The third-order valence-corrected chi connectivity index (χ3v) is 4.75. The van der Waals surface area contributed by atoms with Gasteiger partial charge >= 0.3 is 0 Å². The Bertz CT molecular complexity index is 523. The summed E-state index contributed by atoms with van der Waals surface area (Å²) in [4.78, 5) is 2.30. The van der Waals surface area contributed by atoms with Crippen LogP contribution in [0.2, 0.25) is 0 Å². The Morgan fingerprint density at radius 1 is 1.40 bits per heavy atom. The number of likely N-dealkylation sites (N-methyl/N-ethyl adjacent to an activating group) is 1. The average molecular weight is 301 g/mol. The van der Waals surface area contributed by atoms with E-state index in [9.17, 15) is 8.42 Å². The zero-order valence-corrected chi connectivity index (χ0v) is 12.9. The van der Waals surface area contributed by atoms with E-state index in [1.165, 1.54) is 18.9 Å². The van der Waals surface area contributed by atoms with Gasteiger partial charge in [0.15, 0.2) is 0 Å². The van der Waals surface area contributed by atoms with Gasteiger partial charge in [-0.25, -0.2) is 13.1 Å². The molecule has 0 radical (unpaired) electrons. The van der Waals surface area contributed by atoms with Crippen molar-refractivity contribution >= 4 is 10.0 Å². The van der Waals surface area contributed by atoms with Crippen molar-refractivity contribution in [3.8, 4) is 0 Å². The predicted octanol–water partition coefficient (Wildman–Crippen LogP) is 0.762. The second-order valence-corrected chi connectivity index (χ2v) is 6.71. The maximum atomic E-state index is 12.1. The number of sulfonamides is 1. The van der Waals surface area contributed by atoms with Crippen LogP contribution in [-0.4, -0.2) is 46.0 Å². The molecule has 114 valence electrons. The molecule has 0 aromatic carbocycles. The maximum absolute atomic E-state index is 12.1. The lowest BCUT2D eigenvalue weighted by atomic mass is 10.4. The molecule has 20 heavy (non-hydrogen) atoms. The van der Waals surface area contributed by atoms with Crippen molar-refractivity contribution in [1.29, 1.82) is 0 Å². The highest BCUT2D eigenvalue weighted by Crippen LogP contribution is 2.25. The first-order valence-corrected chi connectivity index (χ1v) is 8.52. The van der Waals surface area contributed by atoms with E-state index in [-0.39, 0.29) is 5.09 Å². The summed E-state index contributed by atoms with van der Waals surface area (Å²) in [5, 5.41) is 2.90. The molecule has 2 rings (SSSR count). The lowest BCUT2D eigenvalue weighted by Gasteiger charge is -2.19. The zero-order chi connectivity index (χ0) is 14.6. The van der Waals surface area contributed by atoms with Crippen LogP contribution in [0.15, 0.2) is 21.6 Å². The second kappa shape index (κ2) is 6.71. The van der Waals surface area contributed by atoms with Gasteiger partial charge in [-0.05, 0) is 38.6 Å². The fourth-order valence-electron chi connectivity index (χ4n) is 2.21. The molecule has 0 bridgehead atoms. The third kappa shape index (κ3) is 4.05. The van der Waals surface area contributed by atoms with Gasteiger partial charge in [0.25, 0.3) is 10.0 Å². The minimum Gasteiger partial charge on any atom is -0.447 e. The van der Waals surface area contributed by atoms with E-state index in [0.29, 0.717) is 24.9 Å². The number of nitrogens with one attached hydrogen (secondary N) is 2. The fourth-order valence-corrected chi connectivity index (χ4v) is 3.17. The summed E-state index contributed by atoms with van der Waals surface area (Å²) in [6.45, 7) is 4.73. The quantitative estimate of drug-likeness (QED) is 0.704. The van der Waals surface area contributed by atoms with Gasteiger partial charge in [0.05, 0.1) is 6.54 Å². The first-order valence-electron chi connectivity index (χ1n) is 7.04. The molecule has 0 saturated heterocycles. The zero-order valence-electron chi connectivity index (χ0n) is 12.1. The molecule has 1 aromatic heterocycles. The Morgan fingerprint density at radius 2 is 2.15 bits per heavy atom. The van der Waals surface area contributed by atoms with Crippen LogP contribution < -0.4 is 10.0 Å². The molecule has 1 fully saturated rings. The molecule has 2 N–H and O–H groups in total. The molecule has 1 aliphatic carbocycles. The summed E-state index contributed by atoms with van der Waals surface area (Å²) in [5.41, 5.74) is 0. The first kappa shape index (κ1) is 15.5. The predicted molar refractivity (Wildman–Crippen MR) is 76.9 cm³/mol. The molecule has 7 heteroatoms. The van der Waals surface area contributed by atoms with E-state index in [1.54, 1.807) is 13.1 Å². The Balaban J connectivity index is 1.86. The summed E-state index contributed by atoms with van der Waals surface area (Å²) < 4.78 is 32.0. The van der Waals surface area contributed by atoms with Crippen molar-refractivity contribution in [2.45, 2.75) is 37.4 Å². The van der Waals surface area contributed by atoms with E-state index in [1.807, 2.05) is 0 Å². The Morgan fingerprint density at radius 3 is 2.75 bits per heavy atom. The van der Waals surface area contributed by atoms with E-state index in [0.717, 1.165) is 13.1 Å². The smallest absolute Gasteiger partial charge is 0.274 e. The van der Waals surface area contributed by atoms with Gasteiger partial charge in [-0.1, -0.05) is 6.92 Å². The highest BCUT2D eigenvalue weighted by atomic mass is 32.2. The summed E-state index contributed by atoms with van der Waals surface area (Å²) in [5.74, 6) is 0.612. The van der Waals surface area contributed by atoms with Crippen LogP contribution in [0.5, 0.6) is 0 Å². The van der Waals surface area contributed by atoms with Crippen LogP contribution in [0.1, 0.15) is 25.5 Å². The standard InChI is InChI=1S/C13H23N3O3S/c1-3-16(11-4-5-11)9-8-15-20(17,18)13-7-6-12(19-13)10-14-2/h6-7,11,14-15H,3-5,8-10H2,1-2H3. The van der Waals surface area contributed by atoms with Crippen molar-refractivity contribution in [3.05, 3.63) is 17.9 Å². The summed E-state index contributed by atoms with van der Waals surface area (Å²) in [6.07, 6.45) is 2.46. The molecule has 0 unspecified atom stereocenters. The Kier molecular flexibility index (Phi) is 5.20. The summed E-state index contributed by atoms with van der Waals surface area (Å²) >= 11 is 0. The van der Waals surface area contributed by atoms with Gasteiger partial charge in [0.2, 0.25) is 5.09 Å². The molecule has 0 amide bonds. The van der Waals surface area contributed by atoms with Crippen LogP contribution in [0.25, 0.3) is 0 Å². The Hall–Kier alpha value is -0.890. The largest absolute Gasteiger partial charge is 0.447 e. The van der Waals surface area contributed by atoms with Crippen molar-refractivity contribution in [2.75, 3.05) is 26.7 Å². The minimum absolute atomic E-state index is 0.0165. The molecule has 1 heterocycles. The van der Waals surface area contributed by atoms with E-state index in [2.05, 4.69) is 21.9 Å². The monoisotopic (exact) mass is 301 g/mol. The van der Waals surface area contributed by atoms with Gasteiger partial charge < -0.3 is 9.73 Å². The maximum Gasteiger partial charge on any atom is 0.274 e. The van der Waals surface area contributed by atoms with Crippen molar-refractivity contribution in [1.82, 2.24) is 14.9 Å². The molecular weight excluding hydrogens is 278 g/mol. The van der Waals surface area contributed by atoms with Gasteiger partial charge in [-0.15, -0.1) is 0 Å². The summed E-state index contributed by atoms with van der Waals surface area (Å²) in [7, 11) is -1.75. The van der Waals surface area contributed by atoms with Crippen LogP contribution in [0.3, 0.4) is 0 Å². The lowest BCUT2D eigenvalue weighted by Crippen LogP contribution is -2.36. The lowest BCUT2D eigenvalue weighted by molar-refractivity contribution is 0.282. The van der Waals surface area contributed by atoms with Crippen molar-refractivity contribution in [2.24, 2.45) is 0 Å². The molecule has 0 aliphatic heterocycles. The highest BCUT2D eigenvalue weighted by Gasteiger charge is 2.27. The number of hydrogen-bond acceptors (Lipinski definition) is 5. The molecule has 1 aliphatic rings. The highest BCUT2D eigenvalue weighted by molar-refractivity contribution is 7.89.